The summed E-state index contributed by atoms with van der Waals surface area (Å²) in [6.07, 6.45) is 3.17. The van der Waals surface area contributed by atoms with Crippen molar-refractivity contribution in [3.05, 3.63) is 60.3 Å². The average Bonchev–Trinajstić information content (AvgIpc) is 2.87. The molecule has 0 fully saturated rings. The average molecular weight is 264 g/mol. The fourth-order valence-electron chi connectivity index (χ4n) is 2.66. The summed E-state index contributed by atoms with van der Waals surface area (Å²) in [5.74, 6) is 0. The quantitative estimate of drug-likeness (QED) is 0.759. The molecule has 20 heavy (non-hydrogen) atoms. The molecule has 2 aromatic carbocycles. The summed E-state index contributed by atoms with van der Waals surface area (Å²) in [4.78, 5) is 0. The Morgan fingerprint density at radius 3 is 2.65 bits per heavy atom. The Hall–Kier alpha value is -2.06. The Morgan fingerprint density at radius 2 is 1.85 bits per heavy atom. The summed E-state index contributed by atoms with van der Waals surface area (Å²) < 4.78 is 2.28. The normalized spacial score (nSPS) is 11.1. The van der Waals surface area contributed by atoms with Crippen LogP contribution in [0.4, 0.5) is 0 Å². The van der Waals surface area contributed by atoms with E-state index in [1.54, 1.807) is 0 Å². The highest BCUT2D eigenvalue weighted by molar-refractivity contribution is 5.85. The second-order valence-electron chi connectivity index (χ2n) is 5.29. The van der Waals surface area contributed by atoms with Crippen LogP contribution in [0.5, 0.6) is 0 Å². The third-order valence-electron chi connectivity index (χ3n) is 3.73. The van der Waals surface area contributed by atoms with Crippen LogP contribution in [-0.2, 0) is 6.54 Å². The highest BCUT2D eigenvalue weighted by Gasteiger charge is 2.03. The summed E-state index contributed by atoms with van der Waals surface area (Å²) in [5.41, 5.74) is 10.7. The van der Waals surface area contributed by atoms with Gasteiger partial charge >= 0.3 is 0 Å². The van der Waals surface area contributed by atoms with Crippen LogP contribution in [0, 0.1) is 6.92 Å². The number of rotatable bonds is 4. The summed E-state index contributed by atoms with van der Waals surface area (Å²) in [6, 6.07) is 17.5. The van der Waals surface area contributed by atoms with Crippen LogP contribution in [-0.4, -0.2) is 11.1 Å². The first-order chi connectivity index (χ1) is 9.78. The molecule has 0 spiro atoms. The van der Waals surface area contributed by atoms with Gasteiger partial charge in [-0.15, -0.1) is 0 Å². The lowest BCUT2D eigenvalue weighted by atomic mass is 10.0. The molecule has 2 N–H and O–H groups in total. The predicted molar refractivity (Wildman–Crippen MR) is 85.8 cm³/mol. The molecular formula is C18H20N2. The van der Waals surface area contributed by atoms with E-state index >= 15 is 0 Å². The summed E-state index contributed by atoms with van der Waals surface area (Å²) in [7, 11) is 0. The van der Waals surface area contributed by atoms with E-state index in [0.29, 0.717) is 0 Å². The number of hydrogen-bond acceptors (Lipinski definition) is 1. The smallest absolute Gasteiger partial charge is 0.0480 e. The fourth-order valence-corrected chi connectivity index (χ4v) is 2.66. The molecule has 2 nitrogen and oxygen atoms in total. The van der Waals surface area contributed by atoms with Crippen molar-refractivity contribution in [3.63, 3.8) is 0 Å². The lowest BCUT2D eigenvalue weighted by Crippen LogP contribution is -2.04. The first kappa shape index (κ1) is 12.9. The molecule has 0 saturated heterocycles. The fraction of sp³-hybridized carbons (Fsp3) is 0.222. The van der Waals surface area contributed by atoms with Gasteiger partial charge in [0, 0.05) is 23.6 Å². The Labute approximate surface area is 119 Å². The number of nitrogens with zero attached hydrogens (tertiary/aromatic N) is 1. The maximum atomic E-state index is 5.59. The summed E-state index contributed by atoms with van der Waals surface area (Å²) >= 11 is 0. The number of aryl methyl sites for hydroxylation is 2. The number of benzene rings is 2. The SMILES string of the molecule is Cc1cccc(-c2ccc3c(ccn3CCCN)c2)c1. The van der Waals surface area contributed by atoms with Crippen LogP contribution in [0.3, 0.4) is 0 Å². The highest BCUT2D eigenvalue weighted by atomic mass is 14.9. The number of nitrogens with two attached hydrogens (primary N) is 1. The molecule has 2 heteroatoms. The van der Waals surface area contributed by atoms with Gasteiger partial charge in [-0.25, -0.2) is 0 Å². The zero-order valence-electron chi connectivity index (χ0n) is 11.8. The zero-order chi connectivity index (χ0) is 13.9. The monoisotopic (exact) mass is 264 g/mol. The standard InChI is InChI=1S/C18H20N2/c1-14-4-2-5-15(12-14)16-6-7-18-17(13-16)8-11-20(18)10-3-9-19/h2,4-8,11-13H,3,9-10,19H2,1H3. The lowest BCUT2D eigenvalue weighted by Gasteiger charge is -2.06. The second kappa shape index (κ2) is 5.51. The van der Waals surface area contributed by atoms with Gasteiger partial charge in [0.25, 0.3) is 0 Å². The zero-order valence-corrected chi connectivity index (χ0v) is 11.8. The van der Waals surface area contributed by atoms with Crippen LogP contribution in [0.25, 0.3) is 22.0 Å². The van der Waals surface area contributed by atoms with E-state index in [4.69, 9.17) is 5.73 Å². The molecule has 0 atom stereocenters. The van der Waals surface area contributed by atoms with Gasteiger partial charge in [0.2, 0.25) is 0 Å². The Balaban J connectivity index is 1.99. The first-order valence-electron chi connectivity index (χ1n) is 7.14. The minimum atomic E-state index is 0.737. The first-order valence-corrected chi connectivity index (χ1v) is 7.14. The highest BCUT2D eigenvalue weighted by Crippen LogP contribution is 2.25. The molecule has 0 saturated carbocycles. The van der Waals surface area contributed by atoms with Crippen molar-refractivity contribution in [1.82, 2.24) is 4.57 Å². The van der Waals surface area contributed by atoms with Crippen molar-refractivity contribution >= 4 is 10.9 Å². The van der Waals surface area contributed by atoms with Gasteiger partial charge in [-0.05, 0) is 49.2 Å². The van der Waals surface area contributed by atoms with E-state index < -0.39 is 0 Å². The van der Waals surface area contributed by atoms with Gasteiger partial charge in [0.15, 0.2) is 0 Å². The Bertz CT molecular complexity index is 725. The molecule has 102 valence electrons. The molecule has 1 aromatic heterocycles. The van der Waals surface area contributed by atoms with Crippen LogP contribution in [0.2, 0.25) is 0 Å². The third kappa shape index (κ3) is 2.47. The second-order valence-corrected chi connectivity index (χ2v) is 5.29. The molecule has 0 aliphatic rings. The van der Waals surface area contributed by atoms with E-state index in [9.17, 15) is 0 Å². The van der Waals surface area contributed by atoms with Crippen molar-refractivity contribution in [3.8, 4) is 11.1 Å². The van der Waals surface area contributed by atoms with E-state index in [2.05, 4.69) is 66.2 Å². The van der Waals surface area contributed by atoms with Gasteiger partial charge < -0.3 is 10.3 Å². The summed E-state index contributed by atoms with van der Waals surface area (Å²) in [6.45, 7) is 3.86. The number of hydrogen-bond donors (Lipinski definition) is 1. The maximum Gasteiger partial charge on any atom is 0.0480 e. The maximum absolute atomic E-state index is 5.59. The molecule has 0 bridgehead atoms. The molecule has 0 aliphatic carbocycles. The lowest BCUT2D eigenvalue weighted by molar-refractivity contribution is 0.671. The largest absolute Gasteiger partial charge is 0.347 e. The Kier molecular flexibility index (Phi) is 3.57. The van der Waals surface area contributed by atoms with E-state index in [1.165, 1.54) is 27.6 Å². The van der Waals surface area contributed by atoms with Crippen LogP contribution >= 0.6 is 0 Å². The molecule has 0 unspecified atom stereocenters. The number of fused-ring (bicyclic) bond motifs is 1. The molecule has 0 amide bonds. The molecule has 0 radical (unpaired) electrons. The third-order valence-corrected chi connectivity index (χ3v) is 3.73. The molecule has 3 aromatic rings. The minimum Gasteiger partial charge on any atom is -0.347 e. The predicted octanol–water partition coefficient (Wildman–Crippen LogP) is 3.97. The minimum absolute atomic E-state index is 0.737. The van der Waals surface area contributed by atoms with Gasteiger partial charge in [0.05, 0.1) is 0 Å². The molecule has 1 heterocycles. The van der Waals surface area contributed by atoms with Crippen molar-refractivity contribution in [2.75, 3.05) is 6.54 Å². The molecule has 3 rings (SSSR count). The van der Waals surface area contributed by atoms with Crippen LogP contribution < -0.4 is 5.73 Å². The van der Waals surface area contributed by atoms with E-state index in [0.717, 1.165) is 19.5 Å². The van der Waals surface area contributed by atoms with Crippen molar-refractivity contribution in [1.29, 1.82) is 0 Å². The van der Waals surface area contributed by atoms with Gasteiger partial charge in [-0.2, -0.15) is 0 Å². The molecular weight excluding hydrogens is 244 g/mol. The number of aromatic nitrogens is 1. The van der Waals surface area contributed by atoms with Gasteiger partial charge in [0.1, 0.15) is 0 Å². The summed E-state index contributed by atoms with van der Waals surface area (Å²) in [5, 5.41) is 1.29. The van der Waals surface area contributed by atoms with Crippen molar-refractivity contribution in [2.45, 2.75) is 19.9 Å². The van der Waals surface area contributed by atoms with Crippen molar-refractivity contribution < 1.29 is 0 Å². The Morgan fingerprint density at radius 1 is 1.00 bits per heavy atom. The van der Waals surface area contributed by atoms with Gasteiger partial charge in [-0.3, -0.25) is 0 Å². The van der Waals surface area contributed by atoms with Crippen LogP contribution in [0.1, 0.15) is 12.0 Å². The van der Waals surface area contributed by atoms with Crippen molar-refractivity contribution in [2.24, 2.45) is 5.73 Å². The topological polar surface area (TPSA) is 30.9 Å². The van der Waals surface area contributed by atoms with E-state index in [1.807, 2.05) is 0 Å². The molecule has 0 aliphatic heterocycles. The van der Waals surface area contributed by atoms with E-state index in [-0.39, 0.29) is 0 Å². The van der Waals surface area contributed by atoms with Gasteiger partial charge in [-0.1, -0.05) is 35.9 Å². The van der Waals surface area contributed by atoms with Crippen LogP contribution in [0.15, 0.2) is 54.7 Å².